The van der Waals surface area contributed by atoms with Crippen LogP contribution < -0.4 is 5.73 Å². The van der Waals surface area contributed by atoms with Crippen LogP contribution in [-0.4, -0.2) is 11.0 Å². The average Bonchev–Trinajstić information content (AvgIpc) is 2.72. The van der Waals surface area contributed by atoms with Gasteiger partial charge in [0.25, 0.3) is 0 Å². The largest absolute Gasteiger partial charge is 0.361 e. The number of H-pyrrole nitrogens is 1. The number of hydrogen-bond acceptors (Lipinski definition) is 1. The van der Waals surface area contributed by atoms with E-state index in [9.17, 15) is 0 Å². The number of aryl methyl sites for hydroxylation is 1. The number of nitrogens with two attached hydrogens (primary N) is 1. The lowest BCUT2D eigenvalue weighted by molar-refractivity contribution is 0.554. The summed E-state index contributed by atoms with van der Waals surface area (Å²) in [7, 11) is 0. The Bertz CT molecular complexity index is 484. The zero-order chi connectivity index (χ0) is 11.7. The molecule has 86 valence electrons. The molecule has 0 bridgehead atoms. The van der Waals surface area contributed by atoms with E-state index in [1.807, 2.05) is 0 Å². The highest BCUT2D eigenvalue weighted by Crippen LogP contribution is 2.30. The summed E-state index contributed by atoms with van der Waals surface area (Å²) in [6.45, 7) is 6.51. The third-order valence-corrected chi connectivity index (χ3v) is 3.55. The van der Waals surface area contributed by atoms with E-state index in [0.29, 0.717) is 5.92 Å². The molecule has 2 aromatic rings. The van der Waals surface area contributed by atoms with Crippen LogP contribution >= 0.6 is 0 Å². The Labute approximate surface area is 96.9 Å². The Balaban J connectivity index is 2.53. The Morgan fingerprint density at radius 3 is 2.81 bits per heavy atom. The van der Waals surface area contributed by atoms with E-state index in [4.69, 9.17) is 5.73 Å². The van der Waals surface area contributed by atoms with Gasteiger partial charge in [-0.25, -0.2) is 0 Å². The lowest BCUT2D eigenvalue weighted by Crippen LogP contribution is -2.25. The van der Waals surface area contributed by atoms with Crippen molar-refractivity contribution in [2.24, 2.45) is 5.73 Å². The summed E-state index contributed by atoms with van der Waals surface area (Å²) >= 11 is 0. The second kappa shape index (κ2) is 4.30. The molecule has 0 spiro atoms. The fourth-order valence-electron chi connectivity index (χ4n) is 2.34. The molecule has 1 heterocycles. The van der Waals surface area contributed by atoms with E-state index >= 15 is 0 Å². The molecule has 0 radical (unpaired) electrons. The van der Waals surface area contributed by atoms with Gasteiger partial charge in [0.1, 0.15) is 0 Å². The van der Waals surface area contributed by atoms with Crippen molar-refractivity contribution in [3.63, 3.8) is 0 Å². The molecule has 3 N–H and O–H groups in total. The minimum atomic E-state index is 0.235. The van der Waals surface area contributed by atoms with Crippen molar-refractivity contribution in [2.75, 3.05) is 0 Å². The number of aromatic nitrogens is 1. The Hall–Kier alpha value is -1.28. The number of fused-ring (bicyclic) bond motifs is 1. The number of nitrogens with one attached hydrogen (secondary N) is 1. The van der Waals surface area contributed by atoms with Gasteiger partial charge in [-0.3, -0.25) is 0 Å². The van der Waals surface area contributed by atoms with Crippen molar-refractivity contribution >= 4 is 10.9 Å². The van der Waals surface area contributed by atoms with Gasteiger partial charge in [0.15, 0.2) is 0 Å². The zero-order valence-electron chi connectivity index (χ0n) is 10.2. The lowest BCUT2D eigenvalue weighted by Gasteiger charge is -2.18. The van der Waals surface area contributed by atoms with Crippen LogP contribution in [0.25, 0.3) is 10.9 Å². The summed E-state index contributed by atoms with van der Waals surface area (Å²) < 4.78 is 0. The first-order chi connectivity index (χ1) is 7.65. The molecule has 16 heavy (non-hydrogen) atoms. The minimum Gasteiger partial charge on any atom is -0.361 e. The van der Waals surface area contributed by atoms with Crippen molar-refractivity contribution in [3.05, 3.63) is 35.5 Å². The number of benzene rings is 1. The molecule has 0 aliphatic rings. The fourth-order valence-corrected chi connectivity index (χ4v) is 2.34. The van der Waals surface area contributed by atoms with Gasteiger partial charge in [0, 0.05) is 23.1 Å². The van der Waals surface area contributed by atoms with Crippen LogP contribution in [-0.2, 0) is 0 Å². The summed E-state index contributed by atoms with van der Waals surface area (Å²) in [5.41, 5.74) is 10.0. The summed E-state index contributed by atoms with van der Waals surface area (Å²) in [6.07, 6.45) is 3.12. The summed E-state index contributed by atoms with van der Waals surface area (Å²) in [4.78, 5) is 3.33. The molecule has 2 heteroatoms. The van der Waals surface area contributed by atoms with E-state index in [0.717, 1.165) is 6.42 Å². The molecular weight excluding hydrogens is 196 g/mol. The molecule has 0 aliphatic carbocycles. The van der Waals surface area contributed by atoms with Crippen molar-refractivity contribution in [1.29, 1.82) is 0 Å². The molecule has 0 amide bonds. The number of aromatic amines is 1. The van der Waals surface area contributed by atoms with E-state index in [1.54, 1.807) is 0 Å². The Kier molecular flexibility index (Phi) is 3.01. The monoisotopic (exact) mass is 216 g/mol. The molecular formula is C14H20N2. The van der Waals surface area contributed by atoms with Crippen LogP contribution in [0.1, 0.15) is 37.3 Å². The maximum absolute atomic E-state index is 6.13. The molecule has 0 saturated carbocycles. The Morgan fingerprint density at radius 1 is 1.38 bits per heavy atom. The quantitative estimate of drug-likeness (QED) is 0.812. The van der Waals surface area contributed by atoms with Crippen molar-refractivity contribution < 1.29 is 0 Å². The second-order valence-electron chi connectivity index (χ2n) is 4.60. The van der Waals surface area contributed by atoms with Gasteiger partial charge >= 0.3 is 0 Å². The van der Waals surface area contributed by atoms with Crippen LogP contribution in [0, 0.1) is 6.92 Å². The smallest absolute Gasteiger partial charge is 0.0459 e. The van der Waals surface area contributed by atoms with E-state index in [1.165, 1.54) is 22.0 Å². The van der Waals surface area contributed by atoms with Gasteiger partial charge in [-0.05, 0) is 36.5 Å². The molecule has 0 unspecified atom stereocenters. The first kappa shape index (κ1) is 11.2. The van der Waals surface area contributed by atoms with E-state index in [2.05, 4.69) is 50.2 Å². The van der Waals surface area contributed by atoms with Crippen LogP contribution in [0.3, 0.4) is 0 Å². The molecule has 0 fully saturated rings. The third-order valence-electron chi connectivity index (χ3n) is 3.55. The highest BCUT2D eigenvalue weighted by atomic mass is 14.7. The summed E-state index contributed by atoms with van der Waals surface area (Å²) in [5.74, 6) is 0.403. The zero-order valence-corrected chi connectivity index (χ0v) is 10.2. The normalized spacial score (nSPS) is 15.2. The topological polar surface area (TPSA) is 41.8 Å². The molecule has 0 saturated heterocycles. The maximum Gasteiger partial charge on any atom is 0.0459 e. The van der Waals surface area contributed by atoms with E-state index in [-0.39, 0.29) is 6.04 Å². The molecule has 1 aromatic heterocycles. The third kappa shape index (κ3) is 1.74. The predicted octanol–water partition coefficient (Wildman–Crippen LogP) is 3.32. The first-order valence-corrected chi connectivity index (χ1v) is 5.97. The molecule has 2 nitrogen and oxygen atoms in total. The van der Waals surface area contributed by atoms with Crippen LogP contribution in [0.15, 0.2) is 24.4 Å². The molecule has 0 aliphatic heterocycles. The SMILES string of the molecule is CC[C@@H](N)[C@@H](C)c1c[nH]c2cccc(C)c12. The minimum absolute atomic E-state index is 0.235. The standard InChI is InChI=1S/C14H20N2/c1-4-12(15)10(3)11-8-16-13-7-5-6-9(2)14(11)13/h5-8,10,12,16H,4,15H2,1-3H3/t10-,12+/m0/s1. The highest BCUT2D eigenvalue weighted by Gasteiger charge is 2.17. The van der Waals surface area contributed by atoms with Crippen LogP contribution in [0.4, 0.5) is 0 Å². The molecule has 1 aromatic carbocycles. The van der Waals surface area contributed by atoms with Crippen LogP contribution in [0.2, 0.25) is 0 Å². The number of hydrogen-bond donors (Lipinski definition) is 2. The van der Waals surface area contributed by atoms with Crippen molar-refractivity contribution in [1.82, 2.24) is 4.98 Å². The van der Waals surface area contributed by atoms with Gasteiger partial charge in [0.2, 0.25) is 0 Å². The van der Waals surface area contributed by atoms with Gasteiger partial charge in [-0.1, -0.05) is 26.0 Å². The van der Waals surface area contributed by atoms with Gasteiger partial charge in [-0.15, -0.1) is 0 Å². The second-order valence-corrected chi connectivity index (χ2v) is 4.60. The van der Waals surface area contributed by atoms with Crippen molar-refractivity contribution in [3.8, 4) is 0 Å². The van der Waals surface area contributed by atoms with Gasteiger partial charge in [0.05, 0.1) is 0 Å². The van der Waals surface area contributed by atoms with Gasteiger partial charge in [-0.2, -0.15) is 0 Å². The molecule has 2 rings (SSSR count). The fraction of sp³-hybridized carbons (Fsp3) is 0.429. The van der Waals surface area contributed by atoms with Gasteiger partial charge < -0.3 is 10.7 Å². The summed E-state index contributed by atoms with van der Waals surface area (Å²) in [6, 6.07) is 6.60. The maximum atomic E-state index is 6.13. The molecule has 2 atom stereocenters. The van der Waals surface area contributed by atoms with Crippen LogP contribution in [0.5, 0.6) is 0 Å². The lowest BCUT2D eigenvalue weighted by atomic mass is 9.91. The Morgan fingerprint density at radius 2 is 2.12 bits per heavy atom. The predicted molar refractivity (Wildman–Crippen MR) is 69.7 cm³/mol. The summed E-state index contributed by atoms with van der Waals surface area (Å²) in [5, 5.41) is 1.35. The first-order valence-electron chi connectivity index (χ1n) is 5.97. The number of rotatable bonds is 3. The average molecular weight is 216 g/mol. The van der Waals surface area contributed by atoms with E-state index < -0.39 is 0 Å². The highest BCUT2D eigenvalue weighted by molar-refractivity contribution is 5.87. The van der Waals surface area contributed by atoms with Crippen molar-refractivity contribution in [2.45, 2.75) is 39.2 Å².